The van der Waals surface area contributed by atoms with Gasteiger partial charge in [0.05, 0.1) is 5.39 Å². The van der Waals surface area contributed by atoms with E-state index in [-0.39, 0.29) is 0 Å². The van der Waals surface area contributed by atoms with Gasteiger partial charge in [0, 0.05) is 17.9 Å². The number of nitrogens with one attached hydrogen (secondary N) is 3. The number of anilines is 3. The summed E-state index contributed by atoms with van der Waals surface area (Å²) >= 11 is 0. The van der Waals surface area contributed by atoms with Crippen LogP contribution in [0.3, 0.4) is 0 Å². The highest BCUT2D eigenvalue weighted by atomic mass is 15.2. The van der Waals surface area contributed by atoms with Gasteiger partial charge < -0.3 is 15.6 Å². The van der Waals surface area contributed by atoms with Gasteiger partial charge in [0.15, 0.2) is 0 Å². The molecule has 0 spiro atoms. The zero-order chi connectivity index (χ0) is 21.6. The molecule has 2 heterocycles. The second-order valence-electron chi connectivity index (χ2n) is 9.48. The zero-order valence-electron chi connectivity index (χ0n) is 19.3. The van der Waals surface area contributed by atoms with Crippen molar-refractivity contribution in [1.82, 2.24) is 15.0 Å². The number of nitrogens with zero attached hydrogens (tertiary/aromatic N) is 2. The fraction of sp³-hybridized carbons (Fsp3) is 0.520. The van der Waals surface area contributed by atoms with E-state index in [1.807, 2.05) is 12.3 Å². The Morgan fingerprint density at radius 1 is 0.900 bits per heavy atom. The van der Waals surface area contributed by atoms with Crippen LogP contribution in [-0.4, -0.2) is 21.0 Å². The van der Waals surface area contributed by atoms with Crippen molar-refractivity contribution in [2.75, 3.05) is 10.6 Å². The van der Waals surface area contributed by atoms with E-state index in [1.54, 1.807) is 0 Å². The van der Waals surface area contributed by atoms with E-state index < -0.39 is 0 Å². The Hall–Kier alpha value is -2.56. The van der Waals surface area contributed by atoms with Gasteiger partial charge in [-0.25, -0.2) is 0 Å². The Bertz CT molecular complexity index is 1050. The third-order valence-electron chi connectivity index (χ3n) is 7.86. The Morgan fingerprint density at radius 3 is 2.43 bits per heavy atom. The topological polar surface area (TPSA) is 65.6 Å². The minimum atomic E-state index is 0.384. The molecule has 4 rings (SSSR count). The quantitative estimate of drug-likeness (QED) is 0.473. The Morgan fingerprint density at radius 2 is 1.67 bits per heavy atom. The molecular formula is C25H35N5. The lowest BCUT2D eigenvalue weighted by molar-refractivity contribution is 0.123. The van der Waals surface area contributed by atoms with Crippen molar-refractivity contribution in [3.8, 4) is 0 Å². The largest absolute Gasteiger partial charge is 0.351 e. The number of fused-ring (bicyclic) bond motifs is 1. The first kappa shape index (κ1) is 20.7. The molecule has 5 nitrogen and oxygen atoms in total. The third-order valence-corrected chi connectivity index (χ3v) is 7.86. The number of aryl methyl sites for hydroxylation is 1. The monoisotopic (exact) mass is 405 g/mol. The molecule has 3 aromatic rings. The Balaban J connectivity index is 1.66. The first-order valence-corrected chi connectivity index (χ1v) is 11.2. The van der Waals surface area contributed by atoms with Crippen LogP contribution < -0.4 is 10.6 Å². The van der Waals surface area contributed by atoms with Gasteiger partial charge in [-0.1, -0.05) is 33.8 Å². The summed E-state index contributed by atoms with van der Waals surface area (Å²) in [6.07, 6.45) is 3.08. The average molecular weight is 406 g/mol. The van der Waals surface area contributed by atoms with Crippen molar-refractivity contribution in [2.45, 2.75) is 60.9 Å². The standard InChI is InChI=1S/C25H35N5/c1-13-8-9-21(18(6)15(13)3)27-24-20-10-11-26-23(20)29-25(30-24)28-22-12-14(2)16(4)17(5)19(22)7/h8-11,14,16-17,19,22H,12H2,1-7H3,(H3,26,27,28,29,30). The Labute approximate surface area is 180 Å². The zero-order valence-corrected chi connectivity index (χ0v) is 19.3. The van der Waals surface area contributed by atoms with Crippen LogP contribution >= 0.6 is 0 Å². The molecule has 160 valence electrons. The van der Waals surface area contributed by atoms with Crippen molar-refractivity contribution in [2.24, 2.45) is 23.7 Å². The fourth-order valence-corrected chi connectivity index (χ4v) is 4.87. The molecule has 3 N–H and O–H groups in total. The lowest BCUT2D eigenvalue weighted by Gasteiger charge is -2.42. The van der Waals surface area contributed by atoms with Crippen LogP contribution in [0.15, 0.2) is 24.4 Å². The van der Waals surface area contributed by atoms with Crippen molar-refractivity contribution >= 4 is 28.5 Å². The molecule has 2 aromatic heterocycles. The van der Waals surface area contributed by atoms with E-state index in [2.05, 4.69) is 76.2 Å². The van der Waals surface area contributed by atoms with Crippen LogP contribution in [0.25, 0.3) is 11.0 Å². The molecule has 5 unspecified atom stereocenters. The highest BCUT2D eigenvalue weighted by molar-refractivity contribution is 5.90. The van der Waals surface area contributed by atoms with Gasteiger partial charge in [-0.2, -0.15) is 9.97 Å². The van der Waals surface area contributed by atoms with Crippen molar-refractivity contribution in [3.63, 3.8) is 0 Å². The second kappa shape index (κ2) is 7.93. The molecule has 0 aliphatic heterocycles. The molecule has 1 aliphatic rings. The molecule has 1 fully saturated rings. The predicted molar refractivity (Wildman–Crippen MR) is 127 cm³/mol. The number of benzene rings is 1. The summed E-state index contributed by atoms with van der Waals surface area (Å²) in [6.45, 7) is 16.0. The molecule has 5 heteroatoms. The number of H-pyrrole nitrogens is 1. The first-order chi connectivity index (χ1) is 14.3. The van der Waals surface area contributed by atoms with Crippen LogP contribution in [0.1, 0.15) is 50.8 Å². The van der Waals surface area contributed by atoms with E-state index in [0.717, 1.165) is 34.9 Å². The number of aromatic amines is 1. The van der Waals surface area contributed by atoms with Crippen LogP contribution in [0.5, 0.6) is 0 Å². The summed E-state index contributed by atoms with van der Waals surface area (Å²) < 4.78 is 0. The van der Waals surface area contributed by atoms with E-state index in [9.17, 15) is 0 Å². The van der Waals surface area contributed by atoms with Gasteiger partial charge in [0.25, 0.3) is 0 Å². The van der Waals surface area contributed by atoms with E-state index >= 15 is 0 Å². The smallest absolute Gasteiger partial charge is 0.226 e. The van der Waals surface area contributed by atoms with E-state index in [4.69, 9.17) is 9.97 Å². The summed E-state index contributed by atoms with van der Waals surface area (Å²) in [4.78, 5) is 12.9. The van der Waals surface area contributed by atoms with Crippen molar-refractivity contribution in [1.29, 1.82) is 0 Å². The van der Waals surface area contributed by atoms with Crippen LogP contribution in [0, 0.1) is 44.4 Å². The molecule has 0 radical (unpaired) electrons. The minimum absolute atomic E-state index is 0.384. The molecule has 0 saturated heterocycles. The maximum Gasteiger partial charge on any atom is 0.226 e. The lowest BCUT2D eigenvalue weighted by atomic mass is 9.67. The highest BCUT2D eigenvalue weighted by Gasteiger charge is 2.36. The van der Waals surface area contributed by atoms with Crippen molar-refractivity contribution in [3.05, 3.63) is 41.1 Å². The molecule has 5 atom stereocenters. The number of hydrogen-bond acceptors (Lipinski definition) is 4. The third kappa shape index (κ3) is 3.66. The second-order valence-corrected chi connectivity index (χ2v) is 9.48. The summed E-state index contributed by atoms with van der Waals surface area (Å²) in [5.41, 5.74) is 5.82. The Kier molecular flexibility index (Phi) is 5.48. The van der Waals surface area contributed by atoms with Gasteiger partial charge >= 0.3 is 0 Å². The molecule has 30 heavy (non-hydrogen) atoms. The van der Waals surface area contributed by atoms with E-state index in [1.165, 1.54) is 16.7 Å². The molecular weight excluding hydrogens is 370 g/mol. The SMILES string of the molecule is Cc1ccc(Nc2nc(NC3CC(C)C(C)C(C)C3C)nc3[nH]ccc23)c(C)c1C. The number of rotatable bonds is 4. The summed E-state index contributed by atoms with van der Waals surface area (Å²) in [5, 5.41) is 8.25. The predicted octanol–water partition coefficient (Wildman–Crippen LogP) is 6.36. The van der Waals surface area contributed by atoms with Crippen LogP contribution in [0.4, 0.5) is 17.5 Å². The highest BCUT2D eigenvalue weighted by Crippen LogP contribution is 2.39. The summed E-state index contributed by atoms with van der Waals surface area (Å²) in [5.74, 6) is 4.23. The van der Waals surface area contributed by atoms with Gasteiger partial charge in [-0.05, 0) is 79.7 Å². The lowest BCUT2D eigenvalue weighted by Crippen LogP contribution is -2.42. The summed E-state index contributed by atoms with van der Waals surface area (Å²) in [7, 11) is 0. The van der Waals surface area contributed by atoms with E-state index in [0.29, 0.717) is 29.7 Å². The molecule has 1 aliphatic carbocycles. The summed E-state index contributed by atoms with van der Waals surface area (Å²) in [6, 6.07) is 6.72. The van der Waals surface area contributed by atoms with Gasteiger partial charge in [-0.3, -0.25) is 0 Å². The molecule has 1 aromatic carbocycles. The van der Waals surface area contributed by atoms with Gasteiger partial charge in [0.1, 0.15) is 11.5 Å². The maximum atomic E-state index is 4.91. The number of aromatic nitrogens is 3. The maximum absolute atomic E-state index is 4.91. The normalized spacial score (nSPS) is 26.7. The first-order valence-electron chi connectivity index (χ1n) is 11.2. The number of hydrogen-bond donors (Lipinski definition) is 3. The average Bonchev–Trinajstić information content (AvgIpc) is 3.19. The van der Waals surface area contributed by atoms with Crippen LogP contribution in [0.2, 0.25) is 0 Å². The molecule has 1 saturated carbocycles. The van der Waals surface area contributed by atoms with Gasteiger partial charge in [0.2, 0.25) is 5.95 Å². The van der Waals surface area contributed by atoms with Crippen molar-refractivity contribution < 1.29 is 0 Å². The van der Waals surface area contributed by atoms with Crippen LogP contribution in [-0.2, 0) is 0 Å². The molecule has 0 bridgehead atoms. The molecule has 0 amide bonds. The minimum Gasteiger partial charge on any atom is -0.351 e. The van der Waals surface area contributed by atoms with Gasteiger partial charge in [-0.15, -0.1) is 0 Å². The fourth-order valence-electron chi connectivity index (χ4n) is 4.87.